The molecule has 0 radical (unpaired) electrons. The first-order chi connectivity index (χ1) is 15.5. The molecule has 10 heteroatoms. The molecule has 0 saturated carbocycles. The summed E-state index contributed by atoms with van der Waals surface area (Å²) in [4.78, 5) is 32.2. The van der Waals surface area contributed by atoms with E-state index in [2.05, 4.69) is 10.3 Å². The number of fused-ring (bicyclic) bond motifs is 2. The van der Waals surface area contributed by atoms with Gasteiger partial charge in [0.15, 0.2) is 16.7 Å². The quantitative estimate of drug-likeness (QED) is 0.325. The van der Waals surface area contributed by atoms with Gasteiger partial charge in [0, 0.05) is 29.4 Å². The predicted molar refractivity (Wildman–Crippen MR) is 128 cm³/mol. The van der Waals surface area contributed by atoms with Gasteiger partial charge in [-0.3, -0.25) is 14.2 Å². The summed E-state index contributed by atoms with van der Waals surface area (Å²) < 4.78 is 12.2. The Kier molecular flexibility index (Phi) is 5.66. The molecule has 1 N–H and O–H groups in total. The molecule has 3 aromatic heterocycles. The van der Waals surface area contributed by atoms with Crippen molar-refractivity contribution in [3.8, 4) is 21.9 Å². The average molecular weight is 486 g/mol. The van der Waals surface area contributed by atoms with Crippen LogP contribution in [-0.2, 0) is 18.4 Å². The van der Waals surface area contributed by atoms with Gasteiger partial charge in [0.1, 0.15) is 4.83 Å². The molecule has 1 aliphatic heterocycles. The van der Waals surface area contributed by atoms with E-state index in [4.69, 9.17) is 9.47 Å². The van der Waals surface area contributed by atoms with Crippen molar-refractivity contribution in [1.29, 1.82) is 0 Å². The molecule has 1 aliphatic rings. The number of nitrogens with one attached hydrogen (secondary N) is 1. The Morgan fingerprint density at radius 2 is 2.12 bits per heavy atom. The first-order valence-electron chi connectivity index (χ1n) is 9.86. The summed E-state index contributed by atoms with van der Waals surface area (Å²) in [5, 5.41) is 7.63. The zero-order valence-electron chi connectivity index (χ0n) is 17.3. The number of thioether (sulfide) groups is 1. The van der Waals surface area contributed by atoms with E-state index in [0.29, 0.717) is 33.4 Å². The van der Waals surface area contributed by atoms with E-state index in [0.717, 1.165) is 16.0 Å². The SMILES string of the molecule is CC(Sc1nc2scc(-c3cccs3)c2c(=O)n1C)C(=O)NCc1ccc2c(c1)OCO2. The van der Waals surface area contributed by atoms with Crippen molar-refractivity contribution in [1.82, 2.24) is 14.9 Å². The number of ether oxygens (including phenoxy) is 2. The van der Waals surface area contributed by atoms with Crippen LogP contribution in [0.3, 0.4) is 0 Å². The molecule has 1 aromatic carbocycles. The molecule has 32 heavy (non-hydrogen) atoms. The zero-order valence-corrected chi connectivity index (χ0v) is 19.7. The Bertz CT molecular complexity index is 1360. The maximum absolute atomic E-state index is 13.1. The molecular formula is C22H19N3O4S3. The van der Waals surface area contributed by atoms with E-state index < -0.39 is 5.25 Å². The maximum atomic E-state index is 13.1. The van der Waals surface area contributed by atoms with Crippen molar-refractivity contribution in [2.24, 2.45) is 7.05 Å². The van der Waals surface area contributed by atoms with Gasteiger partial charge in [0.05, 0.1) is 10.6 Å². The summed E-state index contributed by atoms with van der Waals surface area (Å²) in [5.41, 5.74) is 1.74. The van der Waals surface area contributed by atoms with Gasteiger partial charge < -0.3 is 14.8 Å². The zero-order chi connectivity index (χ0) is 22.2. The second-order valence-electron chi connectivity index (χ2n) is 7.23. The van der Waals surface area contributed by atoms with Crippen LogP contribution in [0.1, 0.15) is 12.5 Å². The molecule has 1 amide bonds. The lowest BCUT2D eigenvalue weighted by atomic mass is 10.2. The molecule has 7 nitrogen and oxygen atoms in total. The number of benzene rings is 1. The molecule has 1 atom stereocenters. The van der Waals surface area contributed by atoms with Crippen LogP contribution >= 0.6 is 34.4 Å². The van der Waals surface area contributed by atoms with E-state index in [1.807, 2.05) is 48.0 Å². The third kappa shape index (κ3) is 3.89. The highest BCUT2D eigenvalue weighted by Gasteiger charge is 2.21. The van der Waals surface area contributed by atoms with Crippen molar-refractivity contribution in [3.05, 3.63) is 57.0 Å². The van der Waals surface area contributed by atoms with Crippen LogP contribution in [-0.4, -0.2) is 27.5 Å². The summed E-state index contributed by atoms with van der Waals surface area (Å²) in [6.07, 6.45) is 0. The van der Waals surface area contributed by atoms with Crippen molar-refractivity contribution in [2.75, 3.05) is 6.79 Å². The molecular weight excluding hydrogens is 466 g/mol. The van der Waals surface area contributed by atoms with Gasteiger partial charge >= 0.3 is 0 Å². The highest BCUT2D eigenvalue weighted by atomic mass is 32.2. The van der Waals surface area contributed by atoms with Crippen molar-refractivity contribution in [3.63, 3.8) is 0 Å². The number of hydrogen-bond acceptors (Lipinski definition) is 8. The minimum absolute atomic E-state index is 0.102. The van der Waals surface area contributed by atoms with Gasteiger partial charge in [0.2, 0.25) is 12.7 Å². The van der Waals surface area contributed by atoms with Crippen LogP contribution < -0.4 is 20.3 Å². The number of aromatic nitrogens is 2. The second kappa shape index (κ2) is 8.61. The van der Waals surface area contributed by atoms with Crippen molar-refractivity contribution >= 4 is 50.6 Å². The molecule has 1 unspecified atom stereocenters. The maximum Gasteiger partial charge on any atom is 0.263 e. The summed E-state index contributed by atoms with van der Waals surface area (Å²) >= 11 is 4.32. The number of amides is 1. The third-order valence-electron chi connectivity index (χ3n) is 5.12. The van der Waals surface area contributed by atoms with Gasteiger partial charge in [-0.05, 0) is 36.1 Å². The Balaban J connectivity index is 1.31. The highest BCUT2D eigenvalue weighted by molar-refractivity contribution is 8.00. The summed E-state index contributed by atoms with van der Waals surface area (Å²) in [6, 6.07) is 9.56. The van der Waals surface area contributed by atoms with Crippen molar-refractivity contribution < 1.29 is 14.3 Å². The van der Waals surface area contributed by atoms with E-state index >= 15 is 0 Å². The largest absolute Gasteiger partial charge is 0.454 e. The molecule has 164 valence electrons. The fourth-order valence-electron chi connectivity index (χ4n) is 3.37. The van der Waals surface area contributed by atoms with E-state index in [1.54, 1.807) is 18.4 Å². The predicted octanol–water partition coefficient (Wildman–Crippen LogP) is 4.25. The average Bonchev–Trinajstić information content (AvgIpc) is 3.55. The smallest absolute Gasteiger partial charge is 0.263 e. The summed E-state index contributed by atoms with van der Waals surface area (Å²) in [5.74, 6) is 1.26. The van der Waals surface area contributed by atoms with Crippen LogP contribution in [0.15, 0.2) is 51.0 Å². The Morgan fingerprint density at radius 3 is 2.94 bits per heavy atom. The molecule has 0 spiro atoms. The lowest BCUT2D eigenvalue weighted by Crippen LogP contribution is -2.31. The molecule has 0 aliphatic carbocycles. The number of nitrogens with zero attached hydrogens (tertiary/aromatic N) is 2. The van der Waals surface area contributed by atoms with Crippen LogP contribution in [0.2, 0.25) is 0 Å². The summed E-state index contributed by atoms with van der Waals surface area (Å²) in [7, 11) is 1.70. The van der Waals surface area contributed by atoms with Gasteiger partial charge in [-0.1, -0.05) is 23.9 Å². The Morgan fingerprint density at radius 1 is 1.28 bits per heavy atom. The summed E-state index contributed by atoms with van der Waals surface area (Å²) in [6.45, 7) is 2.40. The van der Waals surface area contributed by atoms with Gasteiger partial charge in [-0.2, -0.15) is 0 Å². The molecule has 4 aromatic rings. The standard InChI is InChI=1S/C22H19N3O4S3/c1-12(19(26)23-9-13-5-6-15-16(8-13)29-11-28-15)32-22-24-20-18(21(27)25(22)2)14(10-31-20)17-4-3-7-30-17/h3-8,10,12H,9,11H2,1-2H3,(H,23,26). The first-order valence-corrected chi connectivity index (χ1v) is 12.5. The van der Waals surface area contributed by atoms with Crippen LogP contribution in [0, 0.1) is 0 Å². The monoisotopic (exact) mass is 485 g/mol. The third-order valence-corrected chi connectivity index (χ3v) is 8.03. The van der Waals surface area contributed by atoms with Gasteiger partial charge in [0.25, 0.3) is 5.56 Å². The number of hydrogen-bond donors (Lipinski definition) is 1. The Labute approximate surface area is 196 Å². The van der Waals surface area contributed by atoms with Crippen LogP contribution in [0.5, 0.6) is 11.5 Å². The van der Waals surface area contributed by atoms with Crippen LogP contribution in [0.25, 0.3) is 20.7 Å². The molecule has 0 bridgehead atoms. The number of carbonyl (C=O) groups excluding carboxylic acids is 1. The molecule has 0 fully saturated rings. The normalized spacial score (nSPS) is 13.4. The second-order valence-corrected chi connectivity index (χ2v) is 10.3. The fraction of sp³-hybridized carbons (Fsp3) is 0.227. The molecule has 5 rings (SSSR count). The highest BCUT2D eigenvalue weighted by Crippen LogP contribution is 2.35. The molecule has 4 heterocycles. The number of carbonyl (C=O) groups is 1. The van der Waals surface area contributed by atoms with Crippen molar-refractivity contribution in [2.45, 2.75) is 23.9 Å². The minimum atomic E-state index is -0.420. The lowest BCUT2D eigenvalue weighted by molar-refractivity contribution is -0.120. The van der Waals surface area contributed by atoms with Crippen LogP contribution in [0.4, 0.5) is 0 Å². The Hall–Kier alpha value is -2.82. The van der Waals surface area contributed by atoms with Gasteiger partial charge in [-0.15, -0.1) is 22.7 Å². The number of thiophene rings is 2. The lowest BCUT2D eigenvalue weighted by Gasteiger charge is -2.14. The minimum Gasteiger partial charge on any atom is -0.454 e. The van der Waals surface area contributed by atoms with E-state index in [-0.39, 0.29) is 18.3 Å². The van der Waals surface area contributed by atoms with E-state index in [1.165, 1.54) is 27.7 Å². The fourth-order valence-corrected chi connectivity index (χ4v) is 6.07. The first kappa shape index (κ1) is 21.0. The topological polar surface area (TPSA) is 82.5 Å². The van der Waals surface area contributed by atoms with E-state index in [9.17, 15) is 9.59 Å². The number of rotatable bonds is 6. The van der Waals surface area contributed by atoms with Gasteiger partial charge in [-0.25, -0.2) is 4.98 Å². The molecule has 0 saturated heterocycles.